The lowest BCUT2D eigenvalue weighted by atomic mass is 10.0. The van der Waals surface area contributed by atoms with Crippen molar-refractivity contribution in [2.45, 2.75) is 45.3 Å². The number of benzene rings is 1. The van der Waals surface area contributed by atoms with Crippen LogP contribution in [0.5, 0.6) is 0 Å². The molecular weight excluding hydrogens is 208 g/mol. The standard InChI is InChI=1S/C15H24N2/c1-12-7-5-6-8-13(12)11-17(4)14-9-15(2,3)16-10-14/h5-8,14,16H,9-11H2,1-4H3. The van der Waals surface area contributed by atoms with E-state index in [1.165, 1.54) is 17.5 Å². The predicted octanol–water partition coefficient (Wildman–Crippen LogP) is 2.57. The van der Waals surface area contributed by atoms with Crippen LogP contribution in [-0.4, -0.2) is 30.1 Å². The largest absolute Gasteiger partial charge is 0.310 e. The molecule has 1 aliphatic rings. The molecule has 0 bridgehead atoms. The highest BCUT2D eigenvalue weighted by Gasteiger charge is 2.32. The summed E-state index contributed by atoms with van der Waals surface area (Å²) in [6, 6.07) is 9.33. The summed E-state index contributed by atoms with van der Waals surface area (Å²) in [6.45, 7) is 8.92. The third kappa shape index (κ3) is 3.08. The van der Waals surface area contributed by atoms with E-state index in [2.05, 4.69) is 62.3 Å². The molecule has 1 aromatic carbocycles. The van der Waals surface area contributed by atoms with Crippen molar-refractivity contribution in [2.75, 3.05) is 13.6 Å². The van der Waals surface area contributed by atoms with Crippen LogP contribution in [0.2, 0.25) is 0 Å². The Balaban J connectivity index is 1.98. The summed E-state index contributed by atoms with van der Waals surface area (Å²) in [5.41, 5.74) is 3.13. The quantitative estimate of drug-likeness (QED) is 0.861. The number of nitrogens with zero attached hydrogens (tertiary/aromatic N) is 1. The molecule has 2 nitrogen and oxygen atoms in total. The van der Waals surface area contributed by atoms with Crippen LogP contribution < -0.4 is 5.32 Å². The number of hydrogen-bond donors (Lipinski definition) is 1. The zero-order chi connectivity index (χ0) is 12.5. The number of hydrogen-bond acceptors (Lipinski definition) is 2. The minimum atomic E-state index is 0.296. The molecule has 0 saturated carbocycles. The molecule has 1 aromatic rings. The van der Waals surface area contributed by atoms with Crippen LogP contribution in [0.25, 0.3) is 0 Å². The lowest BCUT2D eigenvalue weighted by Gasteiger charge is -2.25. The fourth-order valence-electron chi connectivity index (χ4n) is 2.62. The predicted molar refractivity (Wildman–Crippen MR) is 73.1 cm³/mol. The molecule has 0 radical (unpaired) electrons. The van der Waals surface area contributed by atoms with E-state index in [4.69, 9.17) is 0 Å². The SMILES string of the molecule is Cc1ccccc1CN(C)C1CNC(C)(C)C1. The van der Waals surface area contributed by atoms with E-state index in [9.17, 15) is 0 Å². The van der Waals surface area contributed by atoms with Crippen LogP contribution in [-0.2, 0) is 6.54 Å². The molecule has 1 aliphatic heterocycles. The summed E-state index contributed by atoms with van der Waals surface area (Å²) in [7, 11) is 2.24. The molecule has 1 N–H and O–H groups in total. The number of nitrogens with one attached hydrogen (secondary N) is 1. The van der Waals surface area contributed by atoms with Crippen molar-refractivity contribution in [3.05, 3.63) is 35.4 Å². The van der Waals surface area contributed by atoms with Gasteiger partial charge in [0.2, 0.25) is 0 Å². The smallest absolute Gasteiger partial charge is 0.0238 e. The zero-order valence-electron chi connectivity index (χ0n) is 11.5. The van der Waals surface area contributed by atoms with E-state index < -0.39 is 0 Å². The summed E-state index contributed by atoms with van der Waals surface area (Å²) in [6.07, 6.45) is 1.23. The lowest BCUT2D eigenvalue weighted by molar-refractivity contribution is 0.240. The molecule has 1 atom stereocenters. The van der Waals surface area contributed by atoms with Crippen molar-refractivity contribution in [3.8, 4) is 0 Å². The average Bonchev–Trinajstić information content (AvgIpc) is 2.62. The zero-order valence-corrected chi connectivity index (χ0v) is 11.5. The first kappa shape index (κ1) is 12.6. The van der Waals surface area contributed by atoms with Gasteiger partial charge in [-0.3, -0.25) is 4.90 Å². The van der Waals surface area contributed by atoms with E-state index in [1.807, 2.05) is 0 Å². The van der Waals surface area contributed by atoms with E-state index in [1.54, 1.807) is 0 Å². The van der Waals surface area contributed by atoms with E-state index >= 15 is 0 Å². The van der Waals surface area contributed by atoms with Crippen LogP contribution in [0, 0.1) is 6.92 Å². The normalized spacial score (nSPS) is 23.2. The Hall–Kier alpha value is -0.860. The molecule has 1 unspecified atom stereocenters. The molecule has 1 saturated heterocycles. The van der Waals surface area contributed by atoms with Gasteiger partial charge in [0.25, 0.3) is 0 Å². The van der Waals surface area contributed by atoms with Gasteiger partial charge in [-0.2, -0.15) is 0 Å². The Labute approximate surface area is 105 Å². The second kappa shape index (κ2) is 4.79. The Morgan fingerprint density at radius 1 is 1.35 bits per heavy atom. The van der Waals surface area contributed by atoms with Crippen LogP contribution in [0.1, 0.15) is 31.4 Å². The summed E-state index contributed by atoms with van der Waals surface area (Å²) in [4.78, 5) is 2.48. The second-order valence-electron chi connectivity index (χ2n) is 5.96. The highest BCUT2D eigenvalue weighted by molar-refractivity contribution is 5.25. The topological polar surface area (TPSA) is 15.3 Å². The van der Waals surface area contributed by atoms with Crippen molar-refractivity contribution in [2.24, 2.45) is 0 Å². The third-order valence-corrected chi connectivity index (χ3v) is 3.87. The monoisotopic (exact) mass is 232 g/mol. The molecule has 2 heteroatoms. The minimum absolute atomic E-state index is 0.296. The van der Waals surface area contributed by atoms with Gasteiger partial charge in [0.15, 0.2) is 0 Å². The molecule has 0 spiro atoms. The van der Waals surface area contributed by atoms with Gasteiger partial charge in [-0.05, 0) is 45.4 Å². The highest BCUT2D eigenvalue weighted by Crippen LogP contribution is 2.23. The van der Waals surface area contributed by atoms with Crippen molar-refractivity contribution in [3.63, 3.8) is 0 Å². The second-order valence-corrected chi connectivity index (χ2v) is 5.96. The van der Waals surface area contributed by atoms with Gasteiger partial charge in [-0.1, -0.05) is 24.3 Å². The molecule has 1 heterocycles. The maximum absolute atomic E-state index is 3.59. The Bertz CT molecular complexity index is 384. The van der Waals surface area contributed by atoms with E-state index in [0.29, 0.717) is 11.6 Å². The van der Waals surface area contributed by atoms with E-state index in [-0.39, 0.29) is 0 Å². The van der Waals surface area contributed by atoms with Crippen molar-refractivity contribution < 1.29 is 0 Å². The molecule has 2 rings (SSSR count). The van der Waals surface area contributed by atoms with Crippen molar-refractivity contribution in [1.29, 1.82) is 0 Å². The van der Waals surface area contributed by atoms with Crippen LogP contribution in [0.15, 0.2) is 24.3 Å². The van der Waals surface area contributed by atoms with Crippen LogP contribution in [0.4, 0.5) is 0 Å². The lowest BCUT2D eigenvalue weighted by Crippen LogP contribution is -2.33. The minimum Gasteiger partial charge on any atom is -0.310 e. The summed E-state index contributed by atoms with van der Waals surface area (Å²) in [5, 5.41) is 3.59. The molecule has 0 amide bonds. The Kier molecular flexibility index (Phi) is 3.55. The molecule has 17 heavy (non-hydrogen) atoms. The molecule has 0 aliphatic carbocycles. The van der Waals surface area contributed by atoms with Gasteiger partial charge in [-0.25, -0.2) is 0 Å². The molecule has 0 aromatic heterocycles. The van der Waals surface area contributed by atoms with Crippen molar-refractivity contribution >= 4 is 0 Å². The Morgan fingerprint density at radius 3 is 2.65 bits per heavy atom. The first-order chi connectivity index (χ1) is 7.98. The Morgan fingerprint density at radius 2 is 2.06 bits per heavy atom. The summed E-state index contributed by atoms with van der Waals surface area (Å²) >= 11 is 0. The first-order valence-electron chi connectivity index (χ1n) is 6.48. The maximum Gasteiger partial charge on any atom is 0.0238 e. The van der Waals surface area contributed by atoms with Gasteiger partial charge >= 0.3 is 0 Å². The summed E-state index contributed by atoms with van der Waals surface area (Å²) < 4.78 is 0. The highest BCUT2D eigenvalue weighted by atomic mass is 15.2. The first-order valence-corrected chi connectivity index (χ1v) is 6.48. The van der Waals surface area contributed by atoms with Gasteiger partial charge in [0.05, 0.1) is 0 Å². The van der Waals surface area contributed by atoms with Gasteiger partial charge in [0, 0.05) is 24.7 Å². The average molecular weight is 232 g/mol. The molecular formula is C15H24N2. The van der Waals surface area contributed by atoms with Gasteiger partial charge in [0.1, 0.15) is 0 Å². The van der Waals surface area contributed by atoms with Crippen LogP contribution >= 0.6 is 0 Å². The maximum atomic E-state index is 3.59. The van der Waals surface area contributed by atoms with Gasteiger partial charge < -0.3 is 5.32 Å². The van der Waals surface area contributed by atoms with Gasteiger partial charge in [-0.15, -0.1) is 0 Å². The molecule has 94 valence electrons. The van der Waals surface area contributed by atoms with Crippen molar-refractivity contribution in [1.82, 2.24) is 10.2 Å². The third-order valence-electron chi connectivity index (χ3n) is 3.87. The fraction of sp³-hybridized carbons (Fsp3) is 0.600. The molecule has 1 fully saturated rings. The fourth-order valence-corrected chi connectivity index (χ4v) is 2.62. The number of rotatable bonds is 3. The number of likely N-dealkylation sites (N-methyl/N-ethyl adjacent to an activating group) is 1. The summed E-state index contributed by atoms with van der Waals surface area (Å²) in [5.74, 6) is 0. The van der Waals surface area contributed by atoms with Crippen LogP contribution in [0.3, 0.4) is 0 Å². The van der Waals surface area contributed by atoms with E-state index in [0.717, 1.165) is 13.1 Å². The number of aryl methyl sites for hydroxylation is 1.